The number of carbonyl (C=O) groups excluding carboxylic acids is 1. The van der Waals surface area contributed by atoms with Crippen molar-refractivity contribution >= 4 is 22.6 Å². The third-order valence-corrected chi connectivity index (χ3v) is 4.49. The van der Waals surface area contributed by atoms with Gasteiger partial charge in [0, 0.05) is 10.9 Å². The van der Waals surface area contributed by atoms with Gasteiger partial charge in [0.05, 0.1) is 14.2 Å². The van der Waals surface area contributed by atoms with Crippen LogP contribution in [0.15, 0.2) is 54.3 Å². The number of benzene rings is 3. The molecule has 124 valence electrons. The minimum atomic E-state index is -0.336. The normalized spacial score (nSPS) is 12.9. The zero-order chi connectivity index (χ0) is 17.6. The van der Waals surface area contributed by atoms with Crippen LogP contribution in [0.1, 0.15) is 15.9 Å². The van der Waals surface area contributed by atoms with Gasteiger partial charge in [-0.25, -0.2) is 0 Å². The molecule has 4 rings (SSSR count). The van der Waals surface area contributed by atoms with Crippen molar-refractivity contribution in [3.63, 3.8) is 0 Å². The summed E-state index contributed by atoms with van der Waals surface area (Å²) in [5.41, 5.74) is 3.30. The zero-order valence-electron chi connectivity index (χ0n) is 13.9. The fourth-order valence-electron chi connectivity index (χ4n) is 3.30. The highest BCUT2D eigenvalue weighted by molar-refractivity contribution is 6.22. The number of ether oxygens (including phenoxy) is 2. The Morgan fingerprint density at radius 2 is 1.68 bits per heavy atom. The largest absolute Gasteiger partial charge is 0.504 e. The van der Waals surface area contributed by atoms with Crippen molar-refractivity contribution in [3.05, 3.63) is 65.4 Å². The van der Waals surface area contributed by atoms with E-state index in [1.807, 2.05) is 42.5 Å². The first-order valence-electron chi connectivity index (χ1n) is 7.87. The molecular formula is C21H16O4. The number of methoxy groups -OCH3 is 2. The Hall–Kier alpha value is -3.27. The van der Waals surface area contributed by atoms with Gasteiger partial charge in [0.1, 0.15) is 0 Å². The monoisotopic (exact) mass is 332 g/mol. The molecule has 0 bridgehead atoms. The molecule has 4 nitrogen and oxygen atoms in total. The highest BCUT2D eigenvalue weighted by atomic mass is 16.5. The number of allylic oxidation sites excluding steroid dienone is 1. The Bertz CT molecular complexity index is 1050. The Labute approximate surface area is 144 Å². The summed E-state index contributed by atoms with van der Waals surface area (Å²) in [6.07, 6.45) is 1.53. The summed E-state index contributed by atoms with van der Waals surface area (Å²) in [5.74, 6) is 0.747. The minimum Gasteiger partial charge on any atom is -0.504 e. The Morgan fingerprint density at radius 1 is 0.880 bits per heavy atom. The molecule has 4 heteroatoms. The third kappa shape index (κ3) is 2.34. The average Bonchev–Trinajstić information content (AvgIpc) is 2.65. The molecule has 0 saturated carbocycles. The van der Waals surface area contributed by atoms with E-state index in [0.717, 1.165) is 27.5 Å². The molecular weight excluding hydrogens is 316 g/mol. The number of Topliss-reactive ketones (excluding diaryl/α,β-unsaturated/α-hetero) is 1. The number of hydrogen-bond donors (Lipinski definition) is 1. The van der Waals surface area contributed by atoms with Crippen molar-refractivity contribution in [2.24, 2.45) is 0 Å². The van der Waals surface area contributed by atoms with Crippen LogP contribution in [0, 0.1) is 0 Å². The van der Waals surface area contributed by atoms with E-state index < -0.39 is 0 Å². The van der Waals surface area contributed by atoms with Gasteiger partial charge in [-0.2, -0.15) is 0 Å². The first-order valence-corrected chi connectivity index (χ1v) is 7.87. The molecule has 0 unspecified atom stereocenters. The molecule has 1 aliphatic carbocycles. The lowest BCUT2D eigenvalue weighted by Gasteiger charge is -2.16. The quantitative estimate of drug-likeness (QED) is 0.760. The number of ketones is 1. The third-order valence-electron chi connectivity index (χ3n) is 4.49. The number of aliphatic hydroxyl groups is 1. The van der Waals surface area contributed by atoms with Crippen LogP contribution in [0.4, 0.5) is 0 Å². The second-order valence-electron chi connectivity index (χ2n) is 5.90. The summed E-state index contributed by atoms with van der Waals surface area (Å²) >= 11 is 0. The van der Waals surface area contributed by atoms with Crippen LogP contribution < -0.4 is 9.47 Å². The predicted octanol–water partition coefficient (Wildman–Crippen LogP) is 4.62. The standard InChI is InChI=1S/C21H16O4/c1-24-18-7-6-12(11-19(18)25-2)14-8-13-4-3-5-16-20(13)15(9-14)10-17(22)21(16)23/h3-11,22H,1-2H3. The predicted molar refractivity (Wildman–Crippen MR) is 97.4 cm³/mol. The average molecular weight is 332 g/mol. The van der Waals surface area contributed by atoms with E-state index in [9.17, 15) is 9.90 Å². The van der Waals surface area contributed by atoms with E-state index in [0.29, 0.717) is 17.1 Å². The molecule has 0 heterocycles. The molecule has 0 fully saturated rings. The zero-order valence-corrected chi connectivity index (χ0v) is 13.9. The summed E-state index contributed by atoms with van der Waals surface area (Å²) in [6.45, 7) is 0. The first kappa shape index (κ1) is 15.3. The molecule has 0 aliphatic heterocycles. The van der Waals surface area contributed by atoms with E-state index in [1.165, 1.54) is 6.08 Å². The Kier molecular flexibility index (Phi) is 3.46. The molecule has 3 aromatic rings. The minimum absolute atomic E-state index is 0.232. The van der Waals surface area contributed by atoms with Gasteiger partial charge in [0.15, 0.2) is 17.3 Å². The van der Waals surface area contributed by atoms with E-state index in [-0.39, 0.29) is 11.5 Å². The molecule has 1 aliphatic rings. The number of carbonyl (C=O) groups is 1. The summed E-state index contributed by atoms with van der Waals surface area (Å²) < 4.78 is 10.7. The van der Waals surface area contributed by atoms with Crippen molar-refractivity contribution in [1.82, 2.24) is 0 Å². The SMILES string of the molecule is COc1ccc(-c2cc3c4c(cccc4c2)C(=O)C(O)=C3)cc1OC. The molecule has 0 aromatic heterocycles. The fourth-order valence-corrected chi connectivity index (χ4v) is 3.30. The summed E-state index contributed by atoms with van der Waals surface area (Å²) in [7, 11) is 3.20. The molecule has 0 saturated heterocycles. The Morgan fingerprint density at radius 3 is 2.44 bits per heavy atom. The second-order valence-corrected chi connectivity index (χ2v) is 5.90. The van der Waals surface area contributed by atoms with Crippen LogP contribution in [0.5, 0.6) is 11.5 Å². The van der Waals surface area contributed by atoms with Gasteiger partial charge < -0.3 is 14.6 Å². The van der Waals surface area contributed by atoms with Crippen LogP contribution >= 0.6 is 0 Å². The van der Waals surface area contributed by atoms with Crippen LogP contribution in [0.25, 0.3) is 28.0 Å². The number of aliphatic hydroxyl groups excluding tert-OH is 1. The fraction of sp³-hybridized carbons (Fsp3) is 0.0952. The van der Waals surface area contributed by atoms with Gasteiger partial charge in [-0.1, -0.05) is 24.3 Å². The summed E-state index contributed by atoms with van der Waals surface area (Å²) in [4.78, 5) is 12.2. The van der Waals surface area contributed by atoms with Crippen LogP contribution in [0.3, 0.4) is 0 Å². The van der Waals surface area contributed by atoms with Crippen molar-refractivity contribution in [2.45, 2.75) is 0 Å². The van der Waals surface area contributed by atoms with Crippen molar-refractivity contribution in [2.75, 3.05) is 14.2 Å². The van der Waals surface area contributed by atoms with Gasteiger partial charge >= 0.3 is 0 Å². The van der Waals surface area contributed by atoms with Gasteiger partial charge in [-0.15, -0.1) is 0 Å². The van der Waals surface area contributed by atoms with Gasteiger partial charge in [0.2, 0.25) is 5.78 Å². The molecule has 1 N–H and O–H groups in total. The van der Waals surface area contributed by atoms with E-state index in [4.69, 9.17) is 9.47 Å². The highest BCUT2D eigenvalue weighted by Gasteiger charge is 2.22. The van der Waals surface area contributed by atoms with Gasteiger partial charge in [0.25, 0.3) is 0 Å². The van der Waals surface area contributed by atoms with Crippen molar-refractivity contribution in [3.8, 4) is 22.6 Å². The maximum atomic E-state index is 12.2. The second kappa shape index (κ2) is 5.67. The van der Waals surface area contributed by atoms with E-state index in [1.54, 1.807) is 20.3 Å². The molecule has 0 radical (unpaired) electrons. The topological polar surface area (TPSA) is 55.8 Å². The molecule has 0 atom stereocenters. The van der Waals surface area contributed by atoms with Crippen molar-refractivity contribution in [1.29, 1.82) is 0 Å². The lowest BCUT2D eigenvalue weighted by atomic mass is 9.88. The first-order chi connectivity index (χ1) is 12.1. The lowest BCUT2D eigenvalue weighted by molar-refractivity contribution is 0.0981. The van der Waals surface area contributed by atoms with Gasteiger partial charge in [-0.05, 0) is 52.4 Å². The van der Waals surface area contributed by atoms with E-state index >= 15 is 0 Å². The molecule has 0 spiro atoms. The summed E-state index contributed by atoms with van der Waals surface area (Å²) in [5, 5.41) is 11.8. The smallest absolute Gasteiger partial charge is 0.227 e. The Balaban J connectivity index is 1.96. The summed E-state index contributed by atoms with van der Waals surface area (Å²) in [6, 6.07) is 15.3. The lowest BCUT2D eigenvalue weighted by Crippen LogP contribution is -2.08. The van der Waals surface area contributed by atoms with Crippen molar-refractivity contribution < 1.29 is 19.4 Å². The molecule has 0 amide bonds. The highest BCUT2D eigenvalue weighted by Crippen LogP contribution is 2.37. The van der Waals surface area contributed by atoms with Crippen LogP contribution in [-0.2, 0) is 0 Å². The maximum Gasteiger partial charge on any atom is 0.227 e. The van der Waals surface area contributed by atoms with E-state index in [2.05, 4.69) is 0 Å². The number of rotatable bonds is 3. The van der Waals surface area contributed by atoms with Crippen LogP contribution in [-0.4, -0.2) is 25.1 Å². The molecule has 25 heavy (non-hydrogen) atoms. The number of hydrogen-bond acceptors (Lipinski definition) is 4. The van der Waals surface area contributed by atoms with Crippen LogP contribution in [0.2, 0.25) is 0 Å². The molecule has 3 aromatic carbocycles. The maximum absolute atomic E-state index is 12.2. The van der Waals surface area contributed by atoms with Gasteiger partial charge in [-0.3, -0.25) is 4.79 Å².